The van der Waals surface area contributed by atoms with Gasteiger partial charge in [0, 0.05) is 5.57 Å². The van der Waals surface area contributed by atoms with E-state index >= 15 is 0 Å². The van der Waals surface area contributed by atoms with Gasteiger partial charge in [-0.15, -0.1) is 0 Å². The Bertz CT molecular complexity index is 365. The molecule has 0 amide bonds. The van der Waals surface area contributed by atoms with Crippen LogP contribution in [0.2, 0.25) is 0 Å². The quantitative estimate of drug-likeness (QED) is 0.582. The molecule has 0 bridgehead atoms. The summed E-state index contributed by atoms with van der Waals surface area (Å²) in [6.45, 7) is 3.82. The third kappa shape index (κ3) is 2.62. The Kier molecular flexibility index (Phi) is 4.10. The number of esters is 2. The Hall–Kier alpha value is -1.78. The molecule has 88 valence electrons. The molecule has 0 radical (unpaired) electrons. The van der Waals surface area contributed by atoms with Gasteiger partial charge in [-0.05, 0) is 13.3 Å². The fourth-order valence-corrected chi connectivity index (χ4v) is 1.35. The Labute approximate surface area is 93.3 Å². The molecule has 1 rings (SSSR count). The van der Waals surface area contributed by atoms with Gasteiger partial charge in [0.25, 0.3) is 0 Å². The molecule has 16 heavy (non-hydrogen) atoms. The third-order valence-corrected chi connectivity index (χ3v) is 2.01. The molecule has 0 atom stereocenters. The Morgan fingerprint density at radius 1 is 1.50 bits per heavy atom. The fraction of sp³-hybridized carbons (Fsp3) is 0.455. The number of cyclic esters (lactones) is 1. The normalized spacial score (nSPS) is 17.9. The maximum absolute atomic E-state index is 11.2. The minimum absolute atomic E-state index is 0.0859. The number of allylic oxidation sites excluding steroid dienone is 1. The average molecular weight is 226 g/mol. The first kappa shape index (κ1) is 12.3. The zero-order valence-electron chi connectivity index (χ0n) is 9.28. The fourth-order valence-electron chi connectivity index (χ4n) is 1.35. The lowest BCUT2D eigenvalue weighted by molar-refractivity contribution is -0.137. The number of hydrogen-bond acceptors (Lipinski definition) is 5. The Balaban J connectivity index is 2.90. The topological polar surface area (TPSA) is 72.8 Å². The van der Waals surface area contributed by atoms with Crippen molar-refractivity contribution in [3.8, 4) is 0 Å². The van der Waals surface area contributed by atoms with Gasteiger partial charge in [0.1, 0.15) is 5.76 Å². The molecule has 5 heteroatoms. The van der Waals surface area contributed by atoms with Gasteiger partial charge in [-0.25, -0.2) is 9.59 Å². The largest absolute Gasteiger partial charge is 0.502 e. The summed E-state index contributed by atoms with van der Waals surface area (Å²) in [6, 6.07) is 0. The van der Waals surface area contributed by atoms with E-state index in [9.17, 15) is 14.7 Å². The summed E-state index contributed by atoms with van der Waals surface area (Å²) in [5.41, 5.74) is 0.362. The van der Waals surface area contributed by atoms with E-state index in [2.05, 4.69) is 4.74 Å². The van der Waals surface area contributed by atoms with Crippen molar-refractivity contribution in [2.24, 2.45) is 0 Å². The van der Waals surface area contributed by atoms with Gasteiger partial charge in [0.05, 0.1) is 12.7 Å². The van der Waals surface area contributed by atoms with Crippen LogP contribution in [-0.2, 0) is 19.1 Å². The second-order valence-corrected chi connectivity index (χ2v) is 3.23. The number of ether oxygens (including phenoxy) is 2. The van der Waals surface area contributed by atoms with Crippen LogP contribution in [0.4, 0.5) is 0 Å². The smallest absolute Gasteiger partial charge is 0.379 e. The second-order valence-electron chi connectivity index (χ2n) is 3.23. The van der Waals surface area contributed by atoms with E-state index in [-0.39, 0.29) is 12.4 Å². The maximum atomic E-state index is 11.2. The van der Waals surface area contributed by atoms with Gasteiger partial charge in [-0.1, -0.05) is 13.3 Å². The van der Waals surface area contributed by atoms with Crippen molar-refractivity contribution in [3.63, 3.8) is 0 Å². The maximum Gasteiger partial charge on any atom is 0.379 e. The molecule has 0 aliphatic carbocycles. The van der Waals surface area contributed by atoms with Crippen LogP contribution in [0.3, 0.4) is 0 Å². The van der Waals surface area contributed by atoms with Crippen LogP contribution in [-0.4, -0.2) is 23.7 Å². The predicted octanol–water partition coefficient (Wildman–Crippen LogP) is 1.60. The molecule has 0 saturated carbocycles. The van der Waals surface area contributed by atoms with Crippen LogP contribution in [0.25, 0.3) is 0 Å². The van der Waals surface area contributed by atoms with Crippen LogP contribution in [0, 0.1) is 0 Å². The van der Waals surface area contributed by atoms with Crippen molar-refractivity contribution in [3.05, 3.63) is 23.2 Å². The second kappa shape index (κ2) is 5.34. The van der Waals surface area contributed by atoms with E-state index in [1.807, 2.05) is 6.92 Å². The summed E-state index contributed by atoms with van der Waals surface area (Å²) in [5.74, 6) is -1.74. The lowest BCUT2D eigenvalue weighted by Crippen LogP contribution is -2.03. The molecular formula is C11H14O5. The molecule has 5 nitrogen and oxygen atoms in total. The lowest BCUT2D eigenvalue weighted by atomic mass is 10.1. The first-order chi connectivity index (χ1) is 7.60. The molecule has 0 spiro atoms. The van der Waals surface area contributed by atoms with Crippen LogP contribution in [0.5, 0.6) is 0 Å². The minimum Gasteiger partial charge on any atom is -0.502 e. The Morgan fingerprint density at radius 3 is 2.75 bits per heavy atom. The van der Waals surface area contributed by atoms with Gasteiger partial charge in [-0.2, -0.15) is 0 Å². The minimum atomic E-state index is -0.820. The highest BCUT2D eigenvalue weighted by Crippen LogP contribution is 2.28. The molecule has 1 aliphatic rings. The van der Waals surface area contributed by atoms with Gasteiger partial charge < -0.3 is 14.6 Å². The number of aliphatic hydroxyl groups excluding tert-OH is 1. The molecule has 0 aromatic heterocycles. The van der Waals surface area contributed by atoms with E-state index in [0.717, 1.165) is 12.5 Å². The number of aliphatic hydroxyl groups is 1. The molecule has 1 heterocycles. The standard InChI is InChI=1S/C11H14O5/c1-3-5-7-8(6-9(12)15-4-2)16-11(14)10(7)13/h6,13H,3-5H2,1-2H3/b8-6-. The SMILES string of the molecule is CCCC1=C(O)C(=O)O/C1=C\C(=O)OCC. The van der Waals surface area contributed by atoms with Crippen molar-refractivity contribution >= 4 is 11.9 Å². The first-order valence-corrected chi connectivity index (χ1v) is 5.13. The van der Waals surface area contributed by atoms with Crippen LogP contribution < -0.4 is 0 Å². The zero-order chi connectivity index (χ0) is 12.1. The van der Waals surface area contributed by atoms with E-state index < -0.39 is 17.7 Å². The summed E-state index contributed by atoms with van der Waals surface area (Å²) in [5, 5.41) is 9.41. The molecule has 0 aromatic carbocycles. The molecule has 0 aromatic rings. The van der Waals surface area contributed by atoms with Crippen molar-refractivity contribution in [1.82, 2.24) is 0 Å². The predicted molar refractivity (Wildman–Crippen MR) is 55.4 cm³/mol. The Morgan fingerprint density at radius 2 is 2.19 bits per heavy atom. The summed E-state index contributed by atoms with van der Waals surface area (Å²) >= 11 is 0. The summed E-state index contributed by atoms with van der Waals surface area (Å²) in [4.78, 5) is 22.3. The third-order valence-electron chi connectivity index (χ3n) is 2.01. The van der Waals surface area contributed by atoms with Gasteiger partial charge in [0.2, 0.25) is 5.76 Å². The molecule has 0 fully saturated rings. The number of carbonyl (C=O) groups is 2. The summed E-state index contributed by atoms with van der Waals surface area (Å²) in [7, 11) is 0. The van der Waals surface area contributed by atoms with Crippen LogP contribution >= 0.6 is 0 Å². The highest BCUT2D eigenvalue weighted by molar-refractivity contribution is 5.94. The zero-order valence-corrected chi connectivity index (χ0v) is 9.28. The van der Waals surface area contributed by atoms with Gasteiger partial charge >= 0.3 is 11.9 Å². The number of carbonyl (C=O) groups excluding carboxylic acids is 2. The molecular weight excluding hydrogens is 212 g/mol. The highest BCUT2D eigenvalue weighted by Gasteiger charge is 2.29. The lowest BCUT2D eigenvalue weighted by Gasteiger charge is -2.01. The monoisotopic (exact) mass is 226 g/mol. The molecule has 0 saturated heterocycles. The van der Waals surface area contributed by atoms with Crippen LogP contribution in [0.1, 0.15) is 26.7 Å². The number of hydrogen-bond donors (Lipinski definition) is 1. The van der Waals surface area contributed by atoms with E-state index in [1.165, 1.54) is 0 Å². The van der Waals surface area contributed by atoms with Crippen molar-refractivity contribution < 1.29 is 24.2 Å². The summed E-state index contributed by atoms with van der Waals surface area (Å²) < 4.78 is 9.44. The van der Waals surface area contributed by atoms with Crippen molar-refractivity contribution in [1.29, 1.82) is 0 Å². The van der Waals surface area contributed by atoms with Gasteiger partial charge in [-0.3, -0.25) is 0 Å². The van der Waals surface area contributed by atoms with E-state index in [1.54, 1.807) is 6.92 Å². The molecule has 0 unspecified atom stereocenters. The number of rotatable bonds is 4. The molecule has 1 aliphatic heterocycles. The van der Waals surface area contributed by atoms with E-state index in [0.29, 0.717) is 12.0 Å². The van der Waals surface area contributed by atoms with Crippen molar-refractivity contribution in [2.75, 3.05) is 6.61 Å². The first-order valence-electron chi connectivity index (χ1n) is 5.13. The molecule has 1 N–H and O–H groups in total. The van der Waals surface area contributed by atoms with Crippen LogP contribution in [0.15, 0.2) is 23.2 Å². The highest BCUT2D eigenvalue weighted by atomic mass is 16.6. The summed E-state index contributed by atoms with van der Waals surface area (Å²) in [6.07, 6.45) is 2.29. The van der Waals surface area contributed by atoms with Crippen molar-refractivity contribution in [2.45, 2.75) is 26.7 Å². The average Bonchev–Trinajstić information content (AvgIpc) is 2.47. The van der Waals surface area contributed by atoms with E-state index in [4.69, 9.17) is 4.74 Å². The van der Waals surface area contributed by atoms with Gasteiger partial charge in [0.15, 0.2) is 0 Å².